The van der Waals surface area contributed by atoms with Gasteiger partial charge in [0.15, 0.2) is 11.5 Å². The van der Waals surface area contributed by atoms with Crippen molar-refractivity contribution in [1.82, 2.24) is 4.90 Å². The van der Waals surface area contributed by atoms with Gasteiger partial charge >= 0.3 is 0 Å². The van der Waals surface area contributed by atoms with E-state index in [4.69, 9.17) is 9.47 Å². The second-order valence-electron chi connectivity index (χ2n) is 6.39. The average Bonchev–Trinajstić information content (AvgIpc) is 2.71. The van der Waals surface area contributed by atoms with E-state index in [1.807, 2.05) is 26.0 Å². The van der Waals surface area contributed by atoms with Gasteiger partial charge in [-0.1, -0.05) is 0 Å². The quantitative estimate of drug-likeness (QED) is 0.920. The molecule has 1 fully saturated rings. The number of fused-ring (bicyclic) bond motifs is 1. The molecule has 4 heteroatoms. The maximum Gasteiger partial charge on any atom is 0.246 e. The first kappa shape index (κ1) is 13.6. The van der Waals surface area contributed by atoms with E-state index in [1.54, 1.807) is 0 Å². The van der Waals surface area contributed by atoms with Gasteiger partial charge in [-0.05, 0) is 51.0 Å². The van der Waals surface area contributed by atoms with Crippen molar-refractivity contribution < 1.29 is 9.47 Å². The summed E-state index contributed by atoms with van der Waals surface area (Å²) >= 11 is 0. The predicted molar refractivity (Wildman–Crippen MR) is 80.5 cm³/mol. The van der Waals surface area contributed by atoms with E-state index >= 15 is 0 Å². The molecule has 3 rings (SSSR count). The third-order valence-electron chi connectivity index (χ3n) is 4.09. The van der Waals surface area contributed by atoms with Crippen molar-refractivity contribution in [2.24, 2.45) is 5.92 Å². The summed E-state index contributed by atoms with van der Waals surface area (Å²) in [5.41, 5.74) is 1.11. The van der Waals surface area contributed by atoms with E-state index in [9.17, 15) is 0 Å². The highest BCUT2D eigenvalue weighted by molar-refractivity contribution is 5.56. The lowest BCUT2D eigenvalue weighted by molar-refractivity contribution is -0.0431. The first-order valence-corrected chi connectivity index (χ1v) is 7.46. The minimum atomic E-state index is -0.547. The summed E-state index contributed by atoms with van der Waals surface area (Å²) < 4.78 is 11.5. The number of anilines is 1. The van der Waals surface area contributed by atoms with Crippen LogP contribution in [-0.2, 0) is 0 Å². The number of benzene rings is 1. The van der Waals surface area contributed by atoms with Crippen molar-refractivity contribution in [3.63, 3.8) is 0 Å². The number of hydrogen-bond donors (Lipinski definition) is 1. The molecule has 0 atom stereocenters. The maximum absolute atomic E-state index is 5.77. The van der Waals surface area contributed by atoms with Crippen molar-refractivity contribution in [3.05, 3.63) is 18.2 Å². The zero-order chi connectivity index (χ0) is 14.2. The highest BCUT2D eigenvalue weighted by Gasteiger charge is 2.31. The van der Waals surface area contributed by atoms with E-state index in [1.165, 1.54) is 25.9 Å². The number of piperidine rings is 1. The van der Waals surface area contributed by atoms with Crippen molar-refractivity contribution in [2.45, 2.75) is 32.5 Å². The normalized spacial score (nSPS) is 21.9. The van der Waals surface area contributed by atoms with Gasteiger partial charge < -0.3 is 19.7 Å². The largest absolute Gasteiger partial charge is 0.449 e. The number of hydrogen-bond acceptors (Lipinski definition) is 4. The topological polar surface area (TPSA) is 33.7 Å². The van der Waals surface area contributed by atoms with Crippen LogP contribution in [0.3, 0.4) is 0 Å². The lowest BCUT2D eigenvalue weighted by Gasteiger charge is -2.29. The van der Waals surface area contributed by atoms with Crippen LogP contribution in [0.1, 0.15) is 26.7 Å². The summed E-state index contributed by atoms with van der Waals surface area (Å²) in [6.45, 7) is 7.32. The molecule has 0 aliphatic carbocycles. The predicted octanol–water partition coefficient (Wildman–Crippen LogP) is 2.95. The van der Waals surface area contributed by atoms with E-state index in [2.05, 4.69) is 23.3 Å². The Bertz CT molecular complexity index is 479. The molecule has 0 aromatic heterocycles. The molecule has 0 saturated carbocycles. The zero-order valence-corrected chi connectivity index (χ0v) is 12.6. The summed E-state index contributed by atoms with van der Waals surface area (Å²) in [5, 5.41) is 3.53. The fourth-order valence-corrected chi connectivity index (χ4v) is 2.86. The standard InChI is InChI=1S/C16H24N2O2/c1-16(2)19-14-5-4-13(10-15(14)20-16)17-11-12-6-8-18(3)9-7-12/h4-5,10,12,17H,6-9,11H2,1-3H3. The second-order valence-corrected chi connectivity index (χ2v) is 6.39. The Balaban J connectivity index is 1.57. The van der Waals surface area contributed by atoms with Gasteiger partial charge in [-0.25, -0.2) is 0 Å². The van der Waals surface area contributed by atoms with Crippen LogP contribution >= 0.6 is 0 Å². The van der Waals surface area contributed by atoms with Gasteiger partial charge in [0.25, 0.3) is 0 Å². The number of nitrogens with zero attached hydrogens (tertiary/aromatic N) is 1. The monoisotopic (exact) mass is 276 g/mol. The summed E-state index contributed by atoms with van der Waals surface area (Å²) in [6.07, 6.45) is 2.56. The smallest absolute Gasteiger partial charge is 0.246 e. The first-order chi connectivity index (χ1) is 9.52. The Hall–Kier alpha value is -1.42. The third-order valence-corrected chi connectivity index (χ3v) is 4.09. The van der Waals surface area contributed by atoms with Crippen LogP contribution in [0.2, 0.25) is 0 Å². The molecule has 2 aliphatic rings. The van der Waals surface area contributed by atoms with Gasteiger partial charge in [-0.3, -0.25) is 0 Å². The molecule has 0 radical (unpaired) electrons. The number of rotatable bonds is 3. The Morgan fingerprint density at radius 2 is 1.90 bits per heavy atom. The van der Waals surface area contributed by atoms with Crippen LogP contribution in [0.25, 0.3) is 0 Å². The highest BCUT2D eigenvalue weighted by atomic mass is 16.7. The highest BCUT2D eigenvalue weighted by Crippen LogP contribution is 2.40. The Morgan fingerprint density at radius 1 is 1.20 bits per heavy atom. The lowest BCUT2D eigenvalue weighted by atomic mass is 9.97. The van der Waals surface area contributed by atoms with Crippen LogP contribution in [0.5, 0.6) is 11.5 Å². The molecule has 110 valence electrons. The van der Waals surface area contributed by atoms with Gasteiger partial charge in [0, 0.05) is 32.1 Å². The average molecular weight is 276 g/mol. The van der Waals surface area contributed by atoms with Gasteiger partial charge in [0.05, 0.1) is 0 Å². The lowest BCUT2D eigenvalue weighted by Crippen LogP contribution is -2.32. The SMILES string of the molecule is CN1CCC(CNc2ccc3c(c2)OC(C)(C)O3)CC1. The molecule has 1 saturated heterocycles. The Morgan fingerprint density at radius 3 is 2.65 bits per heavy atom. The van der Waals surface area contributed by atoms with Crippen molar-refractivity contribution in [1.29, 1.82) is 0 Å². The van der Waals surface area contributed by atoms with Crippen molar-refractivity contribution in [2.75, 3.05) is 32.0 Å². The molecule has 0 bridgehead atoms. The van der Waals surface area contributed by atoms with Crippen molar-refractivity contribution in [3.8, 4) is 11.5 Å². The van der Waals surface area contributed by atoms with Gasteiger partial charge in [-0.2, -0.15) is 0 Å². The summed E-state index contributed by atoms with van der Waals surface area (Å²) in [5.74, 6) is 1.89. The van der Waals surface area contributed by atoms with Gasteiger partial charge in [0.2, 0.25) is 5.79 Å². The number of ether oxygens (including phenoxy) is 2. The van der Waals surface area contributed by atoms with E-state index < -0.39 is 5.79 Å². The summed E-state index contributed by atoms with van der Waals surface area (Å²) in [6, 6.07) is 6.10. The van der Waals surface area contributed by atoms with Crippen LogP contribution in [0, 0.1) is 5.92 Å². The van der Waals surface area contributed by atoms with E-state index in [0.29, 0.717) is 0 Å². The molecule has 0 unspecified atom stereocenters. The summed E-state index contributed by atoms with van der Waals surface area (Å²) in [4.78, 5) is 2.40. The molecule has 1 N–H and O–H groups in total. The fourth-order valence-electron chi connectivity index (χ4n) is 2.86. The molecular weight excluding hydrogens is 252 g/mol. The fraction of sp³-hybridized carbons (Fsp3) is 0.625. The van der Waals surface area contributed by atoms with Crippen LogP contribution in [0.15, 0.2) is 18.2 Å². The van der Waals surface area contributed by atoms with Gasteiger partial charge in [0.1, 0.15) is 0 Å². The molecule has 2 aliphatic heterocycles. The Labute approximate surface area is 121 Å². The minimum Gasteiger partial charge on any atom is -0.449 e. The number of likely N-dealkylation sites (tertiary alicyclic amines) is 1. The maximum atomic E-state index is 5.77. The zero-order valence-electron chi connectivity index (χ0n) is 12.6. The Kier molecular flexibility index (Phi) is 3.50. The molecular formula is C16H24N2O2. The minimum absolute atomic E-state index is 0.547. The van der Waals surface area contributed by atoms with E-state index in [0.717, 1.165) is 29.6 Å². The number of nitrogens with one attached hydrogen (secondary N) is 1. The molecule has 1 aromatic rings. The molecule has 4 nitrogen and oxygen atoms in total. The van der Waals surface area contributed by atoms with Gasteiger partial charge in [-0.15, -0.1) is 0 Å². The molecule has 0 amide bonds. The molecule has 0 spiro atoms. The molecule has 1 aromatic carbocycles. The molecule has 2 heterocycles. The molecule has 20 heavy (non-hydrogen) atoms. The summed E-state index contributed by atoms with van der Waals surface area (Å²) in [7, 11) is 2.20. The van der Waals surface area contributed by atoms with Crippen LogP contribution in [-0.4, -0.2) is 37.4 Å². The third kappa shape index (κ3) is 3.01. The second kappa shape index (κ2) is 5.17. The van der Waals surface area contributed by atoms with Crippen LogP contribution < -0.4 is 14.8 Å². The van der Waals surface area contributed by atoms with Crippen molar-refractivity contribution >= 4 is 5.69 Å². The van der Waals surface area contributed by atoms with E-state index in [-0.39, 0.29) is 0 Å². The first-order valence-electron chi connectivity index (χ1n) is 7.46. The van der Waals surface area contributed by atoms with Crippen LogP contribution in [0.4, 0.5) is 5.69 Å².